The van der Waals surface area contributed by atoms with Crippen LogP contribution in [-0.4, -0.2) is 58.9 Å². The summed E-state index contributed by atoms with van der Waals surface area (Å²) in [6, 6.07) is 10.5. The van der Waals surface area contributed by atoms with Crippen molar-refractivity contribution < 1.29 is 9.84 Å². The summed E-state index contributed by atoms with van der Waals surface area (Å²) in [5, 5.41) is 11.2. The highest BCUT2D eigenvalue weighted by molar-refractivity contribution is 5.85. The number of piperidine rings is 1. The fourth-order valence-electron chi connectivity index (χ4n) is 5.35. The number of H-pyrrole nitrogens is 1. The summed E-state index contributed by atoms with van der Waals surface area (Å²) >= 11 is 0. The molecule has 1 aromatic carbocycles. The van der Waals surface area contributed by atoms with Crippen molar-refractivity contribution in [2.24, 2.45) is 0 Å². The molecule has 3 aromatic rings. The molecule has 5 heterocycles. The fraction of sp³-hybridized carbons (Fsp3) is 0.478. The van der Waals surface area contributed by atoms with Crippen molar-refractivity contribution >= 4 is 22.7 Å². The van der Waals surface area contributed by atoms with E-state index in [1.165, 1.54) is 22.2 Å². The first kappa shape index (κ1) is 18.2. The molecule has 30 heavy (non-hydrogen) atoms. The molecule has 7 heteroatoms. The van der Waals surface area contributed by atoms with Crippen LogP contribution in [0.25, 0.3) is 10.9 Å². The third kappa shape index (κ3) is 2.87. The first-order chi connectivity index (χ1) is 14.7. The van der Waals surface area contributed by atoms with E-state index in [9.17, 15) is 5.11 Å². The van der Waals surface area contributed by atoms with Crippen molar-refractivity contribution in [2.45, 2.75) is 37.4 Å². The monoisotopic (exact) mass is 405 g/mol. The molecule has 2 fully saturated rings. The van der Waals surface area contributed by atoms with Gasteiger partial charge in [0.2, 0.25) is 5.95 Å². The average molecular weight is 406 g/mol. The lowest BCUT2D eigenvalue weighted by Crippen LogP contribution is -2.47. The number of para-hydroxylation sites is 1. The van der Waals surface area contributed by atoms with E-state index in [1.807, 2.05) is 12.3 Å². The molecule has 6 rings (SSSR count). The smallest absolute Gasteiger partial charge is 0.227 e. The van der Waals surface area contributed by atoms with Gasteiger partial charge in [-0.05, 0) is 43.4 Å². The van der Waals surface area contributed by atoms with Gasteiger partial charge in [0.15, 0.2) is 0 Å². The van der Waals surface area contributed by atoms with Crippen molar-refractivity contribution in [2.75, 3.05) is 42.6 Å². The Bertz CT molecular complexity index is 1070. The molecular formula is C23H27N5O2. The Morgan fingerprint density at radius 1 is 1.10 bits per heavy atom. The number of β-amino-alcohol motifs (C(OH)–C–C–N with tert-alkyl or cyclic N) is 1. The zero-order chi connectivity index (χ0) is 20.1. The Balaban J connectivity index is 1.24. The third-order valence-electron chi connectivity index (χ3n) is 6.97. The summed E-state index contributed by atoms with van der Waals surface area (Å²) in [5.41, 5.74) is 3.67. The van der Waals surface area contributed by atoms with Crippen LogP contribution < -0.4 is 9.80 Å². The largest absolute Gasteiger partial charge is 0.391 e. The van der Waals surface area contributed by atoms with Crippen LogP contribution in [0, 0.1) is 0 Å². The first-order valence-corrected chi connectivity index (χ1v) is 11.0. The molecule has 0 amide bonds. The Labute approximate surface area is 175 Å². The van der Waals surface area contributed by atoms with E-state index in [0.717, 1.165) is 63.7 Å². The summed E-state index contributed by atoms with van der Waals surface area (Å²) in [7, 11) is 0. The lowest BCUT2D eigenvalue weighted by Gasteiger charge is -2.43. The van der Waals surface area contributed by atoms with Gasteiger partial charge in [-0.25, -0.2) is 4.98 Å². The zero-order valence-electron chi connectivity index (χ0n) is 17.0. The van der Waals surface area contributed by atoms with Crippen LogP contribution in [0.15, 0.2) is 36.5 Å². The number of hydrogen-bond acceptors (Lipinski definition) is 6. The van der Waals surface area contributed by atoms with Gasteiger partial charge < -0.3 is 24.6 Å². The Hall–Kier alpha value is -2.64. The van der Waals surface area contributed by atoms with E-state index in [2.05, 4.69) is 44.0 Å². The molecule has 7 nitrogen and oxygen atoms in total. The molecule has 1 spiro atoms. The van der Waals surface area contributed by atoms with E-state index in [1.54, 1.807) is 0 Å². The van der Waals surface area contributed by atoms with Crippen LogP contribution in [0.5, 0.6) is 0 Å². The van der Waals surface area contributed by atoms with Crippen LogP contribution >= 0.6 is 0 Å². The molecule has 0 saturated carbocycles. The van der Waals surface area contributed by atoms with Crippen molar-refractivity contribution in [3.8, 4) is 0 Å². The standard InChI is InChI=1S/C23H27N5O2/c29-16-6-11-28(15-16)20-5-10-24-22(26-20)27-12-8-23(9-13-27)21-18(7-14-30-23)17-3-1-2-4-19(17)25-21/h1-5,10,16,25,29H,6-9,11-15H2. The predicted octanol–water partition coefficient (Wildman–Crippen LogP) is 2.60. The van der Waals surface area contributed by atoms with E-state index in [-0.39, 0.29) is 11.7 Å². The number of anilines is 2. The molecule has 0 bridgehead atoms. The topological polar surface area (TPSA) is 77.5 Å². The van der Waals surface area contributed by atoms with Crippen molar-refractivity contribution in [3.05, 3.63) is 47.8 Å². The van der Waals surface area contributed by atoms with Crippen LogP contribution in [0.2, 0.25) is 0 Å². The molecule has 0 aliphatic carbocycles. The van der Waals surface area contributed by atoms with Crippen molar-refractivity contribution in [3.63, 3.8) is 0 Å². The van der Waals surface area contributed by atoms with Crippen molar-refractivity contribution in [1.82, 2.24) is 15.0 Å². The van der Waals surface area contributed by atoms with Gasteiger partial charge in [-0.1, -0.05) is 18.2 Å². The normalized spacial score (nSPS) is 23.3. The first-order valence-electron chi connectivity index (χ1n) is 11.0. The summed E-state index contributed by atoms with van der Waals surface area (Å²) in [6.45, 7) is 3.99. The minimum absolute atomic E-state index is 0.236. The van der Waals surface area contributed by atoms with E-state index >= 15 is 0 Å². The lowest BCUT2D eigenvalue weighted by molar-refractivity contribution is -0.0791. The molecular weight excluding hydrogens is 378 g/mol. The maximum absolute atomic E-state index is 9.84. The summed E-state index contributed by atoms with van der Waals surface area (Å²) in [4.78, 5) is 17.4. The number of nitrogens with zero attached hydrogens (tertiary/aromatic N) is 4. The van der Waals surface area contributed by atoms with Gasteiger partial charge in [0, 0.05) is 43.3 Å². The maximum Gasteiger partial charge on any atom is 0.227 e. The Kier molecular flexibility index (Phi) is 4.21. The molecule has 2 aromatic heterocycles. The quantitative estimate of drug-likeness (QED) is 0.683. The second-order valence-corrected chi connectivity index (χ2v) is 8.71. The molecule has 1 atom stereocenters. The summed E-state index contributed by atoms with van der Waals surface area (Å²) < 4.78 is 6.43. The van der Waals surface area contributed by atoms with Gasteiger partial charge in [0.1, 0.15) is 11.4 Å². The van der Waals surface area contributed by atoms with Gasteiger partial charge in [0.05, 0.1) is 18.4 Å². The number of benzene rings is 1. The number of aromatic amines is 1. The second kappa shape index (κ2) is 6.96. The highest BCUT2D eigenvalue weighted by Crippen LogP contribution is 2.43. The number of aromatic nitrogens is 3. The molecule has 0 radical (unpaired) electrons. The number of aliphatic hydroxyl groups excluding tert-OH is 1. The highest BCUT2D eigenvalue weighted by atomic mass is 16.5. The summed E-state index contributed by atoms with van der Waals surface area (Å²) in [5.74, 6) is 1.68. The molecule has 1 unspecified atom stereocenters. The number of hydrogen-bond donors (Lipinski definition) is 2. The molecule has 3 aliphatic rings. The Morgan fingerprint density at radius 2 is 1.97 bits per heavy atom. The number of ether oxygens (including phenoxy) is 1. The summed E-state index contributed by atoms with van der Waals surface area (Å²) in [6.07, 6.45) is 5.19. The molecule has 2 saturated heterocycles. The number of nitrogens with one attached hydrogen (secondary N) is 1. The highest BCUT2D eigenvalue weighted by Gasteiger charge is 2.43. The van der Waals surface area contributed by atoms with Gasteiger partial charge >= 0.3 is 0 Å². The van der Waals surface area contributed by atoms with Crippen LogP contribution in [-0.2, 0) is 16.8 Å². The van der Waals surface area contributed by atoms with Crippen LogP contribution in [0.1, 0.15) is 30.5 Å². The van der Waals surface area contributed by atoms with Gasteiger partial charge in [-0.15, -0.1) is 0 Å². The van der Waals surface area contributed by atoms with E-state index in [4.69, 9.17) is 9.72 Å². The zero-order valence-corrected chi connectivity index (χ0v) is 17.0. The van der Waals surface area contributed by atoms with Gasteiger partial charge in [-0.2, -0.15) is 4.98 Å². The minimum Gasteiger partial charge on any atom is -0.391 e. The number of rotatable bonds is 2. The minimum atomic E-state index is -0.257. The lowest BCUT2D eigenvalue weighted by atomic mass is 9.83. The number of fused-ring (bicyclic) bond motifs is 4. The maximum atomic E-state index is 9.84. The van der Waals surface area contributed by atoms with E-state index < -0.39 is 0 Å². The number of aliphatic hydroxyl groups is 1. The van der Waals surface area contributed by atoms with Crippen LogP contribution in [0.3, 0.4) is 0 Å². The van der Waals surface area contributed by atoms with Gasteiger partial charge in [0.25, 0.3) is 0 Å². The Morgan fingerprint density at radius 3 is 2.80 bits per heavy atom. The van der Waals surface area contributed by atoms with E-state index in [0.29, 0.717) is 6.54 Å². The fourth-order valence-corrected chi connectivity index (χ4v) is 5.35. The van der Waals surface area contributed by atoms with Crippen LogP contribution in [0.4, 0.5) is 11.8 Å². The van der Waals surface area contributed by atoms with Gasteiger partial charge in [-0.3, -0.25) is 0 Å². The van der Waals surface area contributed by atoms with Crippen molar-refractivity contribution in [1.29, 1.82) is 0 Å². The molecule has 2 N–H and O–H groups in total. The SMILES string of the molecule is OC1CCN(c2ccnc(N3CCC4(CC3)OCCc3c4[nH]c4ccccc34)n2)C1. The molecule has 156 valence electrons. The second-order valence-electron chi connectivity index (χ2n) is 8.71. The third-order valence-corrected chi connectivity index (χ3v) is 6.97. The predicted molar refractivity (Wildman–Crippen MR) is 116 cm³/mol. The molecule has 3 aliphatic heterocycles. The average Bonchev–Trinajstić information content (AvgIpc) is 3.39.